The van der Waals surface area contributed by atoms with Crippen LogP contribution in [0.2, 0.25) is 10.0 Å². The Balaban J connectivity index is 1.60. The first-order chi connectivity index (χ1) is 12.9. The molecule has 2 fully saturated rings. The molecule has 1 saturated heterocycles. The van der Waals surface area contributed by atoms with Crippen LogP contribution in [0.3, 0.4) is 0 Å². The lowest BCUT2D eigenvalue weighted by atomic mass is 10.00. The molecule has 2 N–H and O–H groups in total. The molecule has 1 aliphatic heterocycles. The van der Waals surface area contributed by atoms with Gasteiger partial charge in [-0.2, -0.15) is 5.26 Å². The summed E-state index contributed by atoms with van der Waals surface area (Å²) in [6.07, 6.45) is 4.79. The fourth-order valence-electron chi connectivity index (χ4n) is 3.85. The molecular weight excluding hydrogens is 387 g/mol. The summed E-state index contributed by atoms with van der Waals surface area (Å²) in [5.41, 5.74) is -0.248. The summed E-state index contributed by atoms with van der Waals surface area (Å²) in [7, 11) is 0. The average Bonchev–Trinajstić information content (AvgIpc) is 3.27. The van der Waals surface area contributed by atoms with E-state index in [9.17, 15) is 14.9 Å². The Kier molecular flexibility index (Phi) is 6.25. The predicted octanol–water partition coefficient (Wildman–Crippen LogP) is 3.35. The van der Waals surface area contributed by atoms with Crippen molar-refractivity contribution in [1.82, 2.24) is 10.2 Å². The van der Waals surface area contributed by atoms with Gasteiger partial charge in [0.15, 0.2) is 0 Å². The minimum Gasteiger partial charge on any atom is -0.337 e. The van der Waals surface area contributed by atoms with Crippen LogP contribution in [0.5, 0.6) is 0 Å². The zero-order chi connectivity index (χ0) is 19.4. The van der Waals surface area contributed by atoms with E-state index in [1.807, 2.05) is 4.90 Å². The highest BCUT2D eigenvalue weighted by atomic mass is 35.5. The molecule has 0 spiro atoms. The van der Waals surface area contributed by atoms with Crippen molar-refractivity contribution in [3.05, 3.63) is 28.2 Å². The first kappa shape index (κ1) is 19.9. The Bertz CT molecular complexity index is 771. The molecule has 144 valence electrons. The van der Waals surface area contributed by atoms with E-state index in [4.69, 9.17) is 23.2 Å². The third-order valence-corrected chi connectivity index (χ3v) is 5.80. The van der Waals surface area contributed by atoms with Crippen LogP contribution in [0.25, 0.3) is 0 Å². The Labute approximate surface area is 168 Å². The number of nitrogens with zero attached hydrogens (tertiary/aromatic N) is 2. The van der Waals surface area contributed by atoms with Gasteiger partial charge >= 0.3 is 0 Å². The van der Waals surface area contributed by atoms with Crippen molar-refractivity contribution >= 4 is 40.7 Å². The van der Waals surface area contributed by atoms with Crippen molar-refractivity contribution in [1.29, 1.82) is 5.26 Å². The maximum atomic E-state index is 12.7. The lowest BCUT2D eigenvalue weighted by Gasteiger charge is -2.26. The van der Waals surface area contributed by atoms with Crippen molar-refractivity contribution < 1.29 is 9.59 Å². The van der Waals surface area contributed by atoms with Crippen LogP contribution in [0.1, 0.15) is 38.5 Å². The number of rotatable bonds is 5. The van der Waals surface area contributed by atoms with E-state index in [1.165, 1.54) is 0 Å². The third kappa shape index (κ3) is 4.73. The number of carbonyl (C=O) groups excluding carboxylic acids is 2. The van der Waals surface area contributed by atoms with Crippen LogP contribution in [-0.2, 0) is 9.59 Å². The quantitative estimate of drug-likeness (QED) is 0.781. The van der Waals surface area contributed by atoms with Crippen LogP contribution in [0.4, 0.5) is 5.69 Å². The second kappa shape index (κ2) is 8.47. The topological polar surface area (TPSA) is 85.2 Å². The summed E-state index contributed by atoms with van der Waals surface area (Å²) >= 11 is 12.0. The fraction of sp³-hybridized carbons (Fsp3) is 0.526. The zero-order valence-corrected chi connectivity index (χ0v) is 16.4. The molecule has 27 heavy (non-hydrogen) atoms. The first-order valence-electron chi connectivity index (χ1n) is 9.15. The highest BCUT2D eigenvalue weighted by molar-refractivity contribution is 6.36. The Morgan fingerprint density at radius 2 is 2.00 bits per heavy atom. The number of likely N-dealkylation sites (tertiary alicyclic amines) is 1. The molecule has 1 heterocycles. The number of anilines is 1. The highest BCUT2D eigenvalue weighted by Crippen LogP contribution is 2.29. The normalized spacial score (nSPS) is 21.6. The van der Waals surface area contributed by atoms with Gasteiger partial charge in [-0.25, -0.2) is 0 Å². The molecule has 0 bridgehead atoms. The number of nitrogens with one attached hydrogen (secondary N) is 2. The van der Waals surface area contributed by atoms with Gasteiger partial charge in [0, 0.05) is 5.02 Å². The number of nitriles is 1. The second-order valence-corrected chi connectivity index (χ2v) is 8.03. The van der Waals surface area contributed by atoms with Crippen molar-refractivity contribution in [2.75, 3.05) is 18.4 Å². The molecule has 1 aromatic carbocycles. The van der Waals surface area contributed by atoms with Crippen LogP contribution in [0.15, 0.2) is 18.2 Å². The SMILES string of the molecule is N#CC1(NC(=O)CN2CCCC2C(=O)Nc2ccc(Cl)cc2Cl)CCCC1. The maximum absolute atomic E-state index is 12.7. The van der Waals surface area contributed by atoms with Crippen molar-refractivity contribution in [2.24, 2.45) is 0 Å². The molecular formula is C19H22Cl2N4O2. The molecule has 8 heteroatoms. The summed E-state index contributed by atoms with van der Waals surface area (Å²) in [5, 5.41) is 16.0. The largest absolute Gasteiger partial charge is 0.337 e. The van der Waals surface area contributed by atoms with Crippen molar-refractivity contribution in [3.63, 3.8) is 0 Å². The van der Waals surface area contributed by atoms with Gasteiger partial charge in [-0.3, -0.25) is 14.5 Å². The van der Waals surface area contributed by atoms with E-state index in [-0.39, 0.29) is 18.4 Å². The van der Waals surface area contributed by atoms with E-state index in [1.54, 1.807) is 18.2 Å². The Hall–Kier alpha value is -1.81. The molecule has 1 aromatic rings. The van der Waals surface area contributed by atoms with E-state index in [0.717, 1.165) is 19.3 Å². The van der Waals surface area contributed by atoms with Gasteiger partial charge < -0.3 is 10.6 Å². The monoisotopic (exact) mass is 408 g/mol. The standard InChI is InChI=1S/C19H22Cl2N4O2/c20-13-5-6-15(14(21)10-13)23-18(27)16-4-3-9-25(16)11-17(26)24-19(12-22)7-1-2-8-19/h5-6,10,16H,1-4,7-9,11H2,(H,23,27)(H,24,26). The summed E-state index contributed by atoms with van der Waals surface area (Å²) in [6, 6.07) is 6.74. The highest BCUT2D eigenvalue weighted by Gasteiger charge is 2.37. The molecule has 1 atom stereocenters. The lowest BCUT2D eigenvalue weighted by molar-refractivity contribution is -0.125. The summed E-state index contributed by atoms with van der Waals surface area (Å²) in [6.45, 7) is 0.773. The van der Waals surface area contributed by atoms with Crippen molar-refractivity contribution in [2.45, 2.75) is 50.1 Å². The molecule has 2 aliphatic rings. The summed E-state index contributed by atoms with van der Waals surface area (Å²) in [4.78, 5) is 27.0. The van der Waals surface area contributed by atoms with E-state index < -0.39 is 11.6 Å². The van der Waals surface area contributed by atoms with Gasteiger partial charge in [-0.1, -0.05) is 23.2 Å². The lowest BCUT2D eigenvalue weighted by Crippen LogP contribution is -2.51. The van der Waals surface area contributed by atoms with Gasteiger partial charge in [0.05, 0.1) is 29.4 Å². The maximum Gasteiger partial charge on any atom is 0.241 e. The number of amides is 2. The molecule has 2 amide bonds. The minimum absolute atomic E-state index is 0.107. The van der Waals surface area contributed by atoms with Gasteiger partial charge in [0.1, 0.15) is 5.54 Å². The van der Waals surface area contributed by atoms with Gasteiger partial charge in [-0.15, -0.1) is 0 Å². The zero-order valence-electron chi connectivity index (χ0n) is 14.9. The number of hydrogen-bond donors (Lipinski definition) is 2. The Morgan fingerprint density at radius 1 is 1.26 bits per heavy atom. The van der Waals surface area contributed by atoms with Crippen LogP contribution >= 0.6 is 23.2 Å². The van der Waals surface area contributed by atoms with Crippen molar-refractivity contribution in [3.8, 4) is 6.07 Å². The average molecular weight is 409 g/mol. The van der Waals surface area contributed by atoms with Crippen LogP contribution in [-0.4, -0.2) is 41.4 Å². The molecule has 3 rings (SSSR count). The molecule has 0 aromatic heterocycles. The first-order valence-corrected chi connectivity index (χ1v) is 9.90. The van der Waals surface area contributed by atoms with Gasteiger partial charge in [-0.05, 0) is 63.3 Å². The van der Waals surface area contributed by atoms with E-state index >= 15 is 0 Å². The van der Waals surface area contributed by atoms with E-state index in [2.05, 4.69) is 16.7 Å². The Morgan fingerprint density at radius 3 is 2.67 bits per heavy atom. The molecule has 1 aliphatic carbocycles. The molecule has 6 nitrogen and oxygen atoms in total. The molecule has 1 unspecified atom stereocenters. The fourth-order valence-corrected chi connectivity index (χ4v) is 4.31. The second-order valence-electron chi connectivity index (χ2n) is 7.19. The smallest absolute Gasteiger partial charge is 0.241 e. The van der Waals surface area contributed by atoms with Gasteiger partial charge in [0.25, 0.3) is 0 Å². The number of halogens is 2. The number of benzene rings is 1. The minimum atomic E-state index is -0.745. The molecule has 1 saturated carbocycles. The number of carbonyl (C=O) groups is 2. The predicted molar refractivity (Wildman–Crippen MR) is 105 cm³/mol. The van der Waals surface area contributed by atoms with Gasteiger partial charge in [0.2, 0.25) is 11.8 Å². The van der Waals surface area contributed by atoms with Crippen LogP contribution < -0.4 is 10.6 Å². The number of hydrogen-bond acceptors (Lipinski definition) is 4. The van der Waals surface area contributed by atoms with E-state index in [0.29, 0.717) is 41.5 Å². The molecule has 0 radical (unpaired) electrons. The van der Waals surface area contributed by atoms with Crippen LogP contribution in [0, 0.1) is 11.3 Å². The third-order valence-electron chi connectivity index (χ3n) is 5.25. The summed E-state index contributed by atoms with van der Waals surface area (Å²) in [5.74, 6) is -0.400. The summed E-state index contributed by atoms with van der Waals surface area (Å²) < 4.78 is 0.